The molecule has 63 heavy (non-hydrogen) atoms. The normalized spacial score (nSPS) is 12.1. The number of unbranched alkanes of at least 4 members (excludes halogenated alkanes) is 37. The molecule has 6 heteroatoms. The van der Waals surface area contributed by atoms with Crippen LogP contribution in [0.25, 0.3) is 0 Å². The highest BCUT2D eigenvalue weighted by Gasteiger charge is 2.19. The van der Waals surface area contributed by atoms with E-state index in [1.165, 1.54) is 186 Å². The Morgan fingerprint density at radius 3 is 0.841 bits per heavy atom. The molecule has 0 heterocycles. The average molecular weight is 887 g/mol. The molecule has 0 saturated heterocycles. The Morgan fingerprint density at radius 1 is 0.317 bits per heavy atom. The van der Waals surface area contributed by atoms with E-state index in [0.717, 1.165) is 77.0 Å². The molecule has 0 radical (unpaired) electrons. The minimum Gasteiger partial charge on any atom is -0.462 e. The second-order valence-corrected chi connectivity index (χ2v) is 18.9. The van der Waals surface area contributed by atoms with Gasteiger partial charge in [-0.2, -0.15) is 0 Å². The van der Waals surface area contributed by atoms with Gasteiger partial charge in [0, 0.05) is 19.3 Å². The molecule has 0 aromatic carbocycles. The number of ether oxygens (including phenoxy) is 3. The Balaban J connectivity index is 4.34. The molecule has 0 aromatic rings. The maximum absolute atomic E-state index is 12.8. The van der Waals surface area contributed by atoms with Crippen LogP contribution in [0.15, 0.2) is 24.3 Å². The van der Waals surface area contributed by atoms with Crippen LogP contribution in [0.2, 0.25) is 0 Å². The van der Waals surface area contributed by atoms with E-state index in [0.29, 0.717) is 19.3 Å². The number of allylic oxidation sites excluding steroid dienone is 4. The van der Waals surface area contributed by atoms with Gasteiger partial charge in [-0.3, -0.25) is 14.4 Å². The van der Waals surface area contributed by atoms with Gasteiger partial charge < -0.3 is 14.2 Å². The second-order valence-electron chi connectivity index (χ2n) is 18.9. The zero-order valence-corrected chi connectivity index (χ0v) is 42.4. The van der Waals surface area contributed by atoms with Gasteiger partial charge in [0.15, 0.2) is 6.10 Å². The highest BCUT2D eigenvalue weighted by Crippen LogP contribution is 2.16. The Morgan fingerprint density at radius 2 is 0.556 bits per heavy atom. The first-order valence-electron chi connectivity index (χ1n) is 27.9. The summed E-state index contributed by atoms with van der Waals surface area (Å²) in [5.74, 6) is -0.868. The molecular formula is C57H106O6. The molecule has 0 N–H and O–H groups in total. The summed E-state index contributed by atoms with van der Waals surface area (Å²) in [6.07, 6.45) is 60.2. The first-order valence-corrected chi connectivity index (χ1v) is 27.9. The summed E-state index contributed by atoms with van der Waals surface area (Å²) in [6.45, 7) is 6.66. The summed E-state index contributed by atoms with van der Waals surface area (Å²) in [5.41, 5.74) is 0. The van der Waals surface area contributed by atoms with Crippen LogP contribution in [0.5, 0.6) is 0 Å². The van der Waals surface area contributed by atoms with Gasteiger partial charge >= 0.3 is 17.9 Å². The zero-order valence-electron chi connectivity index (χ0n) is 42.4. The lowest BCUT2D eigenvalue weighted by Crippen LogP contribution is -2.30. The van der Waals surface area contributed by atoms with Crippen molar-refractivity contribution in [2.24, 2.45) is 0 Å². The van der Waals surface area contributed by atoms with E-state index in [9.17, 15) is 14.4 Å². The number of hydrogen-bond acceptors (Lipinski definition) is 6. The molecular weight excluding hydrogens is 781 g/mol. The molecule has 0 aliphatic carbocycles. The first kappa shape index (κ1) is 60.9. The van der Waals surface area contributed by atoms with Gasteiger partial charge in [-0.15, -0.1) is 0 Å². The zero-order chi connectivity index (χ0) is 45.8. The van der Waals surface area contributed by atoms with Gasteiger partial charge in [0.2, 0.25) is 0 Å². The molecule has 0 aliphatic heterocycles. The summed E-state index contributed by atoms with van der Waals surface area (Å²) >= 11 is 0. The van der Waals surface area contributed by atoms with Gasteiger partial charge in [0.25, 0.3) is 0 Å². The highest BCUT2D eigenvalue weighted by molar-refractivity contribution is 5.71. The largest absolute Gasteiger partial charge is 0.462 e. The van der Waals surface area contributed by atoms with Crippen LogP contribution in [-0.2, 0) is 28.6 Å². The molecule has 0 amide bonds. The van der Waals surface area contributed by atoms with Crippen molar-refractivity contribution in [2.75, 3.05) is 13.2 Å². The van der Waals surface area contributed by atoms with E-state index in [1.807, 2.05) is 0 Å². The van der Waals surface area contributed by atoms with E-state index < -0.39 is 6.10 Å². The van der Waals surface area contributed by atoms with Crippen molar-refractivity contribution >= 4 is 17.9 Å². The van der Waals surface area contributed by atoms with Crippen molar-refractivity contribution < 1.29 is 28.6 Å². The summed E-state index contributed by atoms with van der Waals surface area (Å²) in [6, 6.07) is 0. The predicted octanol–water partition coefficient (Wildman–Crippen LogP) is 18.3. The number of rotatable bonds is 51. The van der Waals surface area contributed by atoms with E-state index in [4.69, 9.17) is 14.2 Å². The highest BCUT2D eigenvalue weighted by atomic mass is 16.6. The molecule has 1 atom stereocenters. The van der Waals surface area contributed by atoms with Gasteiger partial charge in [-0.25, -0.2) is 0 Å². The standard InChI is InChI=1S/C57H106O6/c1-4-7-10-13-16-19-22-25-27-28-29-30-33-35-38-41-44-47-50-56(59)62-53-54(52-61-55(58)49-46-43-40-37-34-31-24-21-18-15-12-9-6-3)63-57(60)51-48-45-42-39-36-32-26-23-20-17-14-11-8-5-2/h27-30,54H,4-26,31-53H2,1-3H3/b28-27-,30-29-. The predicted molar refractivity (Wildman–Crippen MR) is 270 cm³/mol. The monoisotopic (exact) mass is 887 g/mol. The smallest absolute Gasteiger partial charge is 0.306 e. The molecule has 370 valence electrons. The third kappa shape index (κ3) is 50.7. The van der Waals surface area contributed by atoms with E-state index in [2.05, 4.69) is 45.1 Å². The van der Waals surface area contributed by atoms with Crippen LogP contribution in [0.3, 0.4) is 0 Å². The Kier molecular flexibility index (Phi) is 50.8. The first-order chi connectivity index (χ1) is 31.0. The Labute approximate surface area is 392 Å². The van der Waals surface area contributed by atoms with Gasteiger partial charge in [0.1, 0.15) is 13.2 Å². The lowest BCUT2D eigenvalue weighted by Gasteiger charge is -2.18. The van der Waals surface area contributed by atoms with Crippen molar-refractivity contribution in [1.29, 1.82) is 0 Å². The molecule has 0 bridgehead atoms. The number of hydrogen-bond donors (Lipinski definition) is 0. The lowest BCUT2D eigenvalue weighted by atomic mass is 10.0. The topological polar surface area (TPSA) is 78.9 Å². The Bertz CT molecular complexity index is 1020. The van der Waals surface area contributed by atoms with Crippen LogP contribution in [-0.4, -0.2) is 37.2 Å². The van der Waals surface area contributed by atoms with Crippen molar-refractivity contribution in [3.63, 3.8) is 0 Å². The Hall–Kier alpha value is -2.11. The fraction of sp³-hybridized carbons (Fsp3) is 0.877. The molecule has 1 unspecified atom stereocenters. The van der Waals surface area contributed by atoms with Crippen LogP contribution in [0, 0.1) is 0 Å². The molecule has 0 rings (SSSR count). The maximum Gasteiger partial charge on any atom is 0.306 e. The van der Waals surface area contributed by atoms with Gasteiger partial charge in [0.05, 0.1) is 0 Å². The molecule has 0 spiro atoms. The van der Waals surface area contributed by atoms with Crippen molar-refractivity contribution in [3.8, 4) is 0 Å². The number of carbonyl (C=O) groups is 3. The average Bonchev–Trinajstić information content (AvgIpc) is 3.28. The van der Waals surface area contributed by atoms with E-state index in [1.54, 1.807) is 0 Å². The number of esters is 3. The third-order valence-electron chi connectivity index (χ3n) is 12.5. The number of carbonyl (C=O) groups excluding carboxylic acids is 3. The molecule has 0 saturated carbocycles. The molecule has 0 aliphatic rings. The third-order valence-corrected chi connectivity index (χ3v) is 12.5. The SMILES string of the molecule is CCCCCCCCC/C=C\C=C/CCCCCCCC(=O)OCC(COC(=O)CCCCCCCCCCCCCCC)OC(=O)CCCCCCCCCCCCCCCC. The van der Waals surface area contributed by atoms with E-state index in [-0.39, 0.29) is 31.1 Å². The summed E-state index contributed by atoms with van der Waals surface area (Å²) in [4.78, 5) is 38.0. The summed E-state index contributed by atoms with van der Waals surface area (Å²) < 4.78 is 16.8. The quantitative estimate of drug-likeness (QED) is 0.0262. The molecule has 0 fully saturated rings. The fourth-order valence-corrected chi connectivity index (χ4v) is 8.26. The maximum atomic E-state index is 12.8. The van der Waals surface area contributed by atoms with Gasteiger partial charge in [-0.05, 0) is 44.9 Å². The van der Waals surface area contributed by atoms with Crippen LogP contribution in [0.1, 0.15) is 303 Å². The molecule has 0 aromatic heterocycles. The van der Waals surface area contributed by atoms with Crippen LogP contribution < -0.4 is 0 Å². The van der Waals surface area contributed by atoms with Crippen molar-refractivity contribution in [3.05, 3.63) is 24.3 Å². The van der Waals surface area contributed by atoms with E-state index >= 15 is 0 Å². The summed E-state index contributed by atoms with van der Waals surface area (Å²) in [7, 11) is 0. The second kappa shape index (κ2) is 52.5. The minimum atomic E-state index is -0.771. The van der Waals surface area contributed by atoms with Gasteiger partial charge in [-0.1, -0.05) is 263 Å². The summed E-state index contributed by atoms with van der Waals surface area (Å²) in [5, 5.41) is 0. The lowest BCUT2D eigenvalue weighted by molar-refractivity contribution is -0.167. The van der Waals surface area contributed by atoms with Crippen molar-refractivity contribution in [2.45, 2.75) is 309 Å². The van der Waals surface area contributed by atoms with Crippen molar-refractivity contribution in [1.82, 2.24) is 0 Å². The minimum absolute atomic E-state index is 0.0710. The van der Waals surface area contributed by atoms with Crippen LogP contribution >= 0.6 is 0 Å². The van der Waals surface area contributed by atoms with Crippen LogP contribution in [0.4, 0.5) is 0 Å². The fourth-order valence-electron chi connectivity index (χ4n) is 8.26. The molecule has 6 nitrogen and oxygen atoms in total.